The molecule has 0 aliphatic rings. The van der Waals surface area contributed by atoms with E-state index in [2.05, 4.69) is 21.2 Å². The predicted molar refractivity (Wildman–Crippen MR) is 87.4 cm³/mol. The van der Waals surface area contributed by atoms with Gasteiger partial charge < -0.3 is 15.2 Å². The lowest BCUT2D eigenvalue weighted by Gasteiger charge is -2.23. The normalized spacial score (nSPS) is 14.0. The highest BCUT2D eigenvalue weighted by atomic mass is 79.9. The standard InChI is InChI=1S/C14H22BrNO4S/c1-14(2,21(3,18)19)10-16-8-12(17)9-20-13-6-4-5-11(15)7-13/h4-7,12,16-17H,8-10H2,1-3H3. The molecule has 0 fully saturated rings. The van der Waals surface area contributed by atoms with Gasteiger partial charge in [0, 0.05) is 23.8 Å². The van der Waals surface area contributed by atoms with Gasteiger partial charge in [-0.3, -0.25) is 0 Å². The van der Waals surface area contributed by atoms with E-state index in [0.717, 1.165) is 4.47 Å². The quantitative estimate of drug-likeness (QED) is 0.717. The lowest BCUT2D eigenvalue weighted by Crippen LogP contribution is -2.44. The van der Waals surface area contributed by atoms with Crippen molar-refractivity contribution in [1.29, 1.82) is 0 Å². The average Bonchev–Trinajstić information content (AvgIpc) is 2.35. The third kappa shape index (κ3) is 6.34. The second kappa shape index (κ2) is 7.58. The number of halogens is 1. The van der Waals surface area contributed by atoms with Gasteiger partial charge in [0.05, 0.1) is 4.75 Å². The van der Waals surface area contributed by atoms with E-state index in [1.54, 1.807) is 19.9 Å². The Morgan fingerprint density at radius 1 is 1.43 bits per heavy atom. The zero-order chi connectivity index (χ0) is 16.1. The highest BCUT2D eigenvalue weighted by Crippen LogP contribution is 2.17. The van der Waals surface area contributed by atoms with Gasteiger partial charge in [0.15, 0.2) is 9.84 Å². The predicted octanol–water partition coefficient (Wildman–Crippen LogP) is 1.60. The van der Waals surface area contributed by atoms with Crippen LogP contribution >= 0.6 is 15.9 Å². The molecule has 0 aromatic heterocycles. The second-order valence-corrected chi connectivity index (χ2v) is 9.15. The molecule has 1 atom stereocenters. The Morgan fingerprint density at radius 3 is 2.67 bits per heavy atom. The van der Waals surface area contributed by atoms with Gasteiger partial charge in [-0.05, 0) is 32.0 Å². The monoisotopic (exact) mass is 379 g/mol. The van der Waals surface area contributed by atoms with Crippen molar-refractivity contribution >= 4 is 25.8 Å². The van der Waals surface area contributed by atoms with E-state index in [1.807, 2.05) is 18.2 Å². The molecule has 1 aromatic carbocycles. The Kier molecular flexibility index (Phi) is 6.65. The molecule has 0 radical (unpaired) electrons. The molecule has 0 bridgehead atoms. The summed E-state index contributed by atoms with van der Waals surface area (Å²) in [6.45, 7) is 3.99. The van der Waals surface area contributed by atoms with Gasteiger partial charge in [-0.25, -0.2) is 8.42 Å². The molecule has 21 heavy (non-hydrogen) atoms. The maximum atomic E-state index is 11.5. The highest BCUT2D eigenvalue weighted by Gasteiger charge is 2.29. The number of rotatable bonds is 8. The lowest BCUT2D eigenvalue weighted by atomic mass is 10.2. The Bertz CT molecular complexity index is 560. The smallest absolute Gasteiger partial charge is 0.153 e. The van der Waals surface area contributed by atoms with E-state index in [-0.39, 0.29) is 19.7 Å². The molecule has 1 rings (SSSR count). The summed E-state index contributed by atoms with van der Waals surface area (Å²) in [5.41, 5.74) is 0. The third-order valence-corrected chi connectivity index (χ3v) is 5.82. The summed E-state index contributed by atoms with van der Waals surface area (Å²) in [6, 6.07) is 7.35. The molecular weight excluding hydrogens is 358 g/mol. The molecule has 0 saturated heterocycles. The average molecular weight is 380 g/mol. The molecule has 5 nitrogen and oxygen atoms in total. The van der Waals surface area contributed by atoms with Crippen molar-refractivity contribution < 1.29 is 18.3 Å². The van der Waals surface area contributed by atoms with Crippen LogP contribution in [0, 0.1) is 0 Å². The maximum absolute atomic E-state index is 11.5. The molecule has 1 aromatic rings. The SMILES string of the molecule is CC(C)(CNCC(O)COc1cccc(Br)c1)S(C)(=O)=O. The lowest BCUT2D eigenvalue weighted by molar-refractivity contribution is 0.106. The largest absolute Gasteiger partial charge is 0.491 e. The van der Waals surface area contributed by atoms with Crippen LogP contribution in [-0.4, -0.2) is 50.3 Å². The van der Waals surface area contributed by atoms with Crippen molar-refractivity contribution in [3.63, 3.8) is 0 Å². The van der Waals surface area contributed by atoms with Crippen LogP contribution in [-0.2, 0) is 9.84 Å². The highest BCUT2D eigenvalue weighted by molar-refractivity contribution is 9.10. The number of ether oxygens (including phenoxy) is 1. The van der Waals surface area contributed by atoms with Gasteiger partial charge >= 0.3 is 0 Å². The van der Waals surface area contributed by atoms with Crippen LogP contribution in [0.25, 0.3) is 0 Å². The van der Waals surface area contributed by atoms with Crippen LogP contribution in [0.2, 0.25) is 0 Å². The van der Waals surface area contributed by atoms with Crippen molar-refractivity contribution in [2.45, 2.75) is 24.7 Å². The molecular formula is C14H22BrNO4S. The first-order chi connectivity index (χ1) is 9.62. The number of hydrogen-bond acceptors (Lipinski definition) is 5. The molecule has 0 aliphatic heterocycles. The van der Waals surface area contributed by atoms with Gasteiger partial charge in [-0.2, -0.15) is 0 Å². The number of benzene rings is 1. The van der Waals surface area contributed by atoms with Crippen molar-refractivity contribution in [3.8, 4) is 5.75 Å². The summed E-state index contributed by atoms with van der Waals surface area (Å²) in [5, 5.41) is 12.8. The van der Waals surface area contributed by atoms with Crippen LogP contribution < -0.4 is 10.1 Å². The Hall–Kier alpha value is -0.630. The summed E-state index contributed by atoms with van der Waals surface area (Å²) in [6.07, 6.45) is 0.501. The zero-order valence-electron chi connectivity index (χ0n) is 12.5. The fourth-order valence-corrected chi connectivity index (χ4v) is 2.22. The summed E-state index contributed by atoms with van der Waals surface area (Å²) in [7, 11) is -3.14. The molecule has 0 saturated carbocycles. The molecule has 7 heteroatoms. The topological polar surface area (TPSA) is 75.6 Å². The molecule has 120 valence electrons. The van der Waals surface area contributed by atoms with Crippen LogP contribution in [0.4, 0.5) is 0 Å². The molecule has 2 N–H and O–H groups in total. The first-order valence-electron chi connectivity index (χ1n) is 6.58. The summed E-state index contributed by atoms with van der Waals surface area (Å²) in [5.74, 6) is 0.667. The summed E-state index contributed by atoms with van der Waals surface area (Å²) in [4.78, 5) is 0. The van der Waals surface area contributed by atoms with E-state index >= 15 is 0 Å². The summed E-state index contributed by atoms with van der Waals surface area (Å²) >= 11 is 3.34. The Morgan fingerprint density at radius 2 is 2.10 bits per heavy atom. The molecule has 0 amide bonds. The number of nitrogens with one attached hydrogen (secondary N) is 1. The molecule has 0 aliphatic carbocycles. The fourth-order valence-electron chi connectivity index (χ4n) is 1.48. The number of aliphatic hydroxyl groups excluding tert-OH is 1. The second-order valence-electron chi connectivity index (χ2n) is 5.58. The number of hydrogen-bond donors (Lipinski definition) is 2. The Balaban J connectivity index is 2.33. The molecule has 0 spiro atoms. The van der Waals surface area contributed by atoms with E-state index in [4.69, 9.17) is 4.74 Å². The summed E-state index contributed by atoms with van der Waals surface area (Å²) < 4.78 is 28.6. The molecule has 1 unspecified atom stereocenters. The van der Waals surface area contributed by atoms with Crippen molar-refractivity contribution in [2.75, 3.05) is 26.0 Å². The zero-order valence-corrected chi connectivity index (χ0v) is 14.9. The van der Waals surface area contributed by atoms with Crippen LogP contribution in [0.5, 0.6) is 5.75 Å². The van der Waals surface area contributed by atoms with Crippen molar-refractivity contribution in [1.82, 2.24) is 5.32 Å². The van der Waals surface area contributed by atoms with Gasteiger partial charge in [-0.15, -0.1) is 0 Å². The number of aliphatic hydroxyl groups is 1. The minimum atomic E-state index is -3.14. The van der Waals surface area contributed by atoms with Crippen LogP contribution in [0.1, 0.15) is 13.8 Å². The van der Waals surface area contributed by atoms with E-state index in [9.17, 15) is 13.5 Å². The van der Waals surface area contributed by atoms with E-state index < -0.39 is 20.7 Å². The number of sulfone groups is 1. The van der Waals surface area contributed by atoms with Gasteiger partial charge in [0.2, 0.25) is 0 Å². The van der Waals surface area contributed by atoms with Gasteiger partial charge in [-0.1, -0.05) is 22.0 Å². The molecule has 0 heterocycles. The first kappa shape index (κ1) is 18.4. The maximum Gasteiger partial charge on any atom is 0.153 e. The van der Waals surface area contributed by atoms with Gasteiger partial charge in [0.25, 0.3) is 0 Å². The van der Waals surface area contributed by atoms with Crippen molar-refractivity contribution in [3.05, 3.63) is 28.7 Å². The van der Waals surface area contributed by atoms with E-state index in [0.29, 0.717) is 5.75 Å². The van der Waals surface area contributed by atoms with Crippen molar-refractivity contribution in [2.24, 2.45) is 0 Å². The van der Waals surface area contributed by atoms with Gasteiger partial charge in [0.1, 0.15) is 18.5 Å². The van der Waals surface area contributed by atoms with E-state index in [1.165, 1.54) is 6.26 Å². The Labute approximate surface area is 134 Å². The fraction of sp³-hybridized carbons (Fsp3) is 0.571. The minimum absolute atomic E-state index is 0.142. The minimum Gasteiger partial charge on any atom is -0.491 e. The third-order valence-electron chi connectivity index (χ3n) is 3.17. The van der Waals surface area contributed by atoms with Crippen LogP contribution in [0.3, 0.4) is 0 Å². The van der Waals surface area contributed by atoms with Crippen LogP contribution in [0.15, 0.2) is 28.7 Å². The first-order valence-corrected chi connectivity index (χ1v) is 9.27.